The third-order valence-corrected chi connectivity index (χ3v) is 8.17. The number of para-hydroxylation sites is 1. The molecule has 1 saturated heterocycles. The summed E-state index contributed by atoms with van der Waals surface area (Å²) in [6, 6.07) is 19.1. The Morgan fingerprint density at radius 3 is 2.61 bits per heavy atom. The van der Waals surface area contributed by atoms with E-state index in [1.807, 2.05) is 48.5 Å². The summed E-state index contributed by atoms with van der Waals surface area (Å²) in [7, 11) is 2.10. The molecule has 6 nitrogen and oxygen atoms in total. The Balaban J connectivity index is 1.50. The Morgan fingerprint density at radius 2 is 1.89 bits per heavy atom. The first-order valence-corrected chi connectivity index (χ1v) is 13.5. The second kappa shape index (κ2) is 10.4. The number of hydrogen-bond acceptors (Lipinski definition) is 4. The van der Waals surface area contributed by atoms with Crippen LogP contribution in [0.1, 0.15) is 56.1 Å². The molecule has 2 aliphatic rings. The van der Waals surface area contributed by atoms with Crippen LogP contribution in [0.4, 0.5) is 11.4 Å². The zero-order valence-corrected chi connectivity index (χ0v) is 23.6. The maximum absolute atomic E-state index is 12.8. The smallest absolute Gasteiger partial charge is 0.226 e. The van der Waals surface area contributed by atoms with Crippen molar-refractivity contribution >= 4 is 51.8 Å². The maximum atomic E-state index is 12.8. The maximum Gasteiger partial charge on any atom is 0.226 e. The van der Waals surface area contributed by atoms with Crippen LogP contribution in [0.3, 0.4) is 0 Å². The first kappa shape index (κ1) is 26.2. The number of allylic oxidation sites excluding steroid dienone is 1. The minimum Gasteiger partial charge on any atom is -0.365 e. The fourth-order valence-corrected chi connectivity index (χ4v) is 5.97. The number of likely N-dealkylation sites (N-methyl/N-ethyl adjacent to an activating group) is 1. The lowest BCUT2D eigenvalue weighted by Crippen LogP contribution is -2.42. The molecule has 3 aromatic rings. The fraction of sp³-hybridized carbons (Fsp3) is 0.300. The number of aromatic nitrogens is 1. The van der Waals surface area contributed by atoms with Gasteiger partial charge in [0, 0.05) is 48.2 Å². The minimum atomic E-state index is -0.229. The minimum absolute atomic E-state index is 0.0711. The monoisotopic (exact) mass is 545 g/mol. The zero-order chi connectivity index (χ0) is 27.0. The second-order valence-corrected chi connectivity index (χ2v) is 11.2. The molecule has 38 heavy (non-hydrogen) atoms. The van der Waals surface area contributed by atoms with Gasteiger partial charge in [0.15, 0.2) is 5.11 Å². The van der Waals surface area contributed by atoms with Gasteiger partial charge in [-0.1, -0.05) is 41.9 Å². The average Bonchev–Trinajstić information content (AvgIpc) is 3.22. The molecular formula is C30H32ClN5OS. The van der Waals surface area contributed by atoms with Crippen LogP contribution in [-0.4, -0.2) is 40.0 Å². The number of nitrogens with one attached hydrogen (secondary N) is 2. The number of carbonyl (C=O) groups is 1. The summed E-state index contributed by atoms with van der Waals surface area (Å²) in [6.45, 7) is 6.97. The highest BCUT2D eigenvalue weighted by Crippen LogP contribution is 2.46. The van der Waals surface area contributed by atoms with E-state index in [2.05, 4.69) is 71.4 Å². The molecule has 0 saturated carbocycles. The van der Waals surface area contributed by atoms with Crippen molar-refractivity contribution in [2.24, 2.45) is 0 Å². The third kappa shape index (κ3) is 5.00. The van der Waals surface area contributed by atoms with Gasteiger partial charge in [-0.3, -0.25) is 9.78 Å². The molecule has 8 heteroatoms. The number of rotatable bonds is 6. The number of fused-ring (bicyclic) bond motifs is 1. The number of carbonyl (C=O) groups excluding carboxylic acids is 1. The summed E-state index contributed by atoms with van der Waals surface area (Å²) in [5.74, 6) is -0.0711. The highest BCUT2D eigenvalue weighted by molar-refractivity contribution is 7.80. The number of benzene rings is 2. The van der Waals surface area contributed by atoms with Crippen molar-refractivity contribution in [3.8, 4) is 0 Å². The van der Waals surface area contributed by atoms with Crippen LogP contribution in [-0.2, 0) is 4.79 Å². The average molecular weight is 546 g/mol. The van der Waals surface area contributed by atoms with Crippen molar-refractivity contribution in [3.05, 3.63) is 94.8 Å². The summed E-state index contributed by atoms with van der Waals surface area (Å²) in [5.41, 5.74) is 5.93. The molecule has 2 N–H and O–H groups in total. The molecular weight excluding hydrogens is 514 g/mol. The standard InChI is InChI=1S/C30H32ClN5OS/c1-19-18-30(2,3)35(4)25-17-23(31)22(16-21(19)25)28-27(24-12-8-9-14-32-24)34-29(38)36(28)15-13-26(37)33-20-10-6-5-7-11-20/h5-12,14,16-18,27-28H,13,15H2,1-4H3,(H,33,37)(H,34,38)/t27-,28-/m1/s1. The lowest BCUT2D eigenvalue weighted by atomic mass is 9.86. The number of thiocarbonyl (C=S) groups is 1. The Morgan fingerprint density at radius 1 is 1.16 bits per heavy atom. The molecule has 2 atom stereocenters. The number of pyridine rings is 1. The molecule has 0 bridgehead atoms. The second-order valence-electron chi connectivity index (χ2n) is 10.4. The Bertz CT molecular complexity index is 1390. The van der Waals surface area contributed by atoms with Crippen molar-refractivity contribution < 1.29 is 4.79 Å². The van der Waals surface area contributed by atoms with Gasteiger partial charge < -0.3 is 20.4 Å². The molecule has 2 aliphatic heterocycles. The van der Waals surface area contributed by atoms with Gasteiger partial charge in [0.05, 0.1) is 23.3 Å². The highest BCUT2D eigenvalue weighted by atomic mass is 35.5. The predicted molar refractivity (Wildman–Crippen MR) is 159 cm³/mol. The van der Waals surface area contributed by atoms with Gasteiger partial charge in [-0.25, -0.2) is 0 Å². The van der Waals surface area contributed by atoms with Gasteiger partial charge in [-0.05, 0) is 80.5 Å². The van der Waals surface area contributed by atoms with Crippen molar-refractivity contribution in [1.29, 1.82) is 0 Å². The quantitative estimate of drug-likeness (QED) is 0.351. The van der Waals surface area contributed by atoms with E-state index in [-0.39, 0.29) is 30.0 Å². The molecule has 2 aromatic carbocycles. The van der Waals surface area contributed by atoms with Gasteiger partial charge in [0.1, 0.15) is 0 Å². The molecule has 196 valence electrons. The summed E-state index contributed by atoms with van der Waals surface area (Å²) in [4.78, 5) is 21.8. The largest absolute Gasteiger partial charge is 0.365 e. The Hall–Kier alpha value is -3.42. The Kier molecular flexibility index (Phi) is 7.16. The van der Waals surface area contributed by atoms with E-state index >= 15 is 0 Å². The molecule has 5 rings (SSSR count). The molecule has 1 fully saturated rings. The molecule has 0 spiro atoms. The first-order chi connectivity index (χ1) is 18.2. The van der Waals surface area contributed by atoms with Gasteiger partial charge in [0.2, 0.25) is 5.91 Å². The first-order valence-electron chi connectivity index (χ1n) is 12.8. The van der Waals surface area contributed by atoms with Crippen LogP contribution in [0.15, 0.2) is 72.9 Å². The number of anilines is 2. The van der Waals surface area contributed by atoms with Crippen LogP contribution in [0.2, 0.25) is 5.02 Å². The van der Waals surface area contributed by atoms with Crippen molar-refractivity contribution in [2.75, 3.05) is 23.8 Å². The molecule has 1 amide bonds. The van der Waals surface area contributed by atoms with E-state index in [0.717, 1.165) is 28.2 Å². The van der Waals surface area contributed by atoms with Crippen LogP contribution in [0.25, 0.3) is 5.57 Å². The van der Waals surface area contributed by atoms with Crippen LogP contribution >= 0.6 is 23.8 Å². The van der Waals surface area contributed by atoms with E-state index in [9.17, 15) is 4.79 Å². The SMILES string of the molecule is CC1=CC(C)(C)N(C)c2cc(Cl)c([C@@H]3[C@@H](c4ccccn4)NC(=S)N3CCC(=O)Nc3ccccc3)cc21. The number of nitrogens with zero attached hydrogens (tertiary/aromatic N) is 3. The van der Waals surface area contributed by atoms with Crippen molar-refractivity contribution in [1.82, 2.24) is 15.2 Å². The summed E-state index contributed by atoms with van der Waals surface area (Å²) in [5, 5.41) is 7.68. The fourth-order valence-electron chi connectivity index (χ4n) is 5.37. The van der Waals surface area contributed by atoms with Crippen LogP contribution in [0.5, 0.6) is 0 Å². The molecule has 0 radical (unpaired) electrons. The van der Waals surface area contributed by atoms with Crippen LogP contribution < -0.4 is 15.5 Å². The summed E-state index contributed by atoms with van der Waals surface area (Å²) in [6.07, 6.45) is 4.35. The predicted octanol–water partition coefficient (Wildman–Crippen LogP) is 6.37. The summed E-state index contributed by atoms with van der Waals surface area (Å²) < 4.78 is 0. The van der Waals surface area contributed by atoms with E-state index in [4.69, 9.17) is 23.8 Å². The lowest BCUT2D eigenvalue weighted by Gasteiger charge is -2.41. The third-order valence-electron chi connectivity index (χ3n) is 7.49. The molecule has 0 aliphatic carbocycles. The van der Waals surface area contributed by atoms with Gasteiger partial charge >= 0.3 is 0 Å². The van der Waals surface area contributed by atoms with Gasteiger partial charge in [-0.15, -0.1) is 0 Å². The van der Waals surface area contributed by atoms with E-state index < -0.39 is 0 Å². The Labute approximate surface area is 234 Å². The van der Waals surface area contributed by atoms with E-state index in [1.54, 1.807) is 6.20 Å². The van der Waals surface area contributed by atoms with E-state index in [1.165, 1.54) is 5.57 Å². The topological polar surface area (TPSA) is 60.5 Å². The zero-order valence-electron chi connectivity index (χ0n) is 22.0. The summed E-state index contributed by atoms with van der Waals surface area (Å²) >= 11 is 12.8. The molecule has 3 heterocycles. The highest BCUT2D eigenvalue weighted by Gasteiger charge is 2.41. The lowest BCUT2D eigenvalue weighted by molar-refractivity contribution is -0.116. The number of amides is 1. The molecule has 1 aromatic heterocycles. The van der Waals surface area contributed by atoms with Crippen molar-refractivity contribution in [2.45, 2.75) is 44.8 Å². The van der Waals surface area contributed by atoms with Crippen LogP contribution in [0, 0.1) is 0 Å². The van der Waals surface area contributed by atoms with Crippen molar-refractivity contribution in [3.63, 3.8) is 0 Å². The van der Waals surface area contributed by atoms with Gasteiger partial charge in [-0.2, -0.15) is 0 Å². The van der Waals surface area contributed by atoms with Gasteiger partial charge in [0.25, 0.3) is 0 Å². The molecule has 0 unspecified atom stereocenters. The normalized spacial score (nSPS) is 20.0. The van der Waals surface area contributed by atoms with E-state index in [0.29, 0.717) is 16.7 Å². The number of halogens is 1. The number of hydrogen-bond donors (Lipinski definition) is 2.